The minimum Gasteiger partial charge on any atom is -0.368 e. The molecule has 1 heterocycles. The molecule has 2 aromatic carbocycles. The summed E-state index contributed by atoms with van der Waals surface area (Å²) in [5, 5.41) is 0.653. The number of hydrogen-bond acceptors (Lipinski definition) is 3. The minimum absolute atomic E-state index is 0.00643. The molecular formula is C22H26ClN3O2. The number of carbonyl (C=O) groups is 2. The lowest BCUT2D eigenvalue weighted by atomic mass is 10.2. The molecule has 0 spiro atoms. The molecule has 0 bridgehead atoms. The Bertz CT molecular complexity index is 830. The van der Waals surface area contributed by atoms with E-state index in [1.54, 1.807) is 17.0 Å². The monoisotopic (exact) mass is 399 g/mol. The van der Waals surface area contributed by atoms with Crippen molar-refractivity contribution in [1.29, 1.82) is 0 Å². The number of halogens is 1. The van der Waals surface area contributed by atoms with E-state index < -0.39 is 0 Å². The third-order valence-electron chi connectivity index (χ3n) is 5.06. The molecule has 1 saturated heterocycles. The van der Waals surface area contributed by atoms with Gasteiger partial charge in [0.25, 0.3) is 0 Å². The molecule has 5 nitrogen and oxygen atoms in total. The van der Waals surface area contributed by atoms with Crippen LogP contribution in [0.15, 0.2) is 48.5 Å². The van der Waals surface area contributed by atoms with E-state index in [0.29, 0.717) is 24.7 Å². The third-order valence-corrected chi connectivity index (χ3v) is 5.31. The van der Waals surface area contributed by atoms with E-state index in [2.05, 4.69) is 36.1 Å². The lowest BCUT2D eigenvalue weighted by Crippen LogP contribution is -2.51. The summed E-state index contributed by atoms with van der Waals surface area (Å²) < 4.78 is 0. The summed E-state index contributed by atoms with van der Waals surface area (Å²) in [6.45, 7) is 7.01. The van der Waals surface area contributed by atoms with Crippen LogP contribution in [-0.2, 0) is 16.1 Å². The first-order valence-corrected chi connectivity index (χ1v) is 9.89. The number of rotatable bonds is 5. The number of carbonyl (C=O) groups excluding carboxylic acids is 2. The fourth-order valence-electron chi connectivity index (χ4n) is 3.39. The molecule has 0 radical (unpaired) electrons. The van der Waals surface area contributed by atoms with Gasteiger partial charge in [0.15, 0.2) is 0 Å². The number of benzene rings is 2. The normalized spacial score (nSPS) is 14.1. The summed E-state index contributed by atoms with van der Waals surface area (Å²) >= 11 is 5.92. The Morgan fingerprint density at radius 2 is 1.71 bits per heavy atom. The summed E-state index contributed by atoms with van der Waals surface area (Å²) in [7, 11) is 0. The fraction of sp³-hybridized carbons (Fsp3) is 0.364. The topological polar surface area (TPSA) is 43.9 Å². The average Bonchev–Trinajstić information content (AvgIpc) is 2.69. The lowest BCUT2D eigenvalue weighted by Gasteiger charge is -2.37. The van der Waals surface area contributed by atoms with Crippen molar-refractivity contribution < 1.29 is 9.59 Å². The molecular weight excluding hydrogens is 374 g/mol. The smallest absolute Gasteiger partial charge is 0.242 e. The first kappa shape index (κ1) is 20.2. The van der Waals surface area contributed by atoms with Gasteiger partial charge >= 0.3 is 0 Å². The molecule has 0 unspecified atom stereocenters. The van der Waals surface area contributed by atoms with Gasteiger partial charge in [0, 0.05) is 50.4 Å². The van der Waals surface area contributed by atoms with Crippen LogP contribution in [0.2, 0.25) is 5.02 Å². The highest BCUT2D eigenvalue weighted by atomic mass is 35.5. The second-order valence-corrected chi connectivity index (χ2v) is 7.64. The third kappa shape index (κ3) is 5.26. The first-order valence-electron chi connectivity index (χ1n) is 9.52. The van der Waals surface area contributed by atoms with Crippen molar-refractivity contribution in [2.24, 2.45) is 0 Å². The highest BCUT2D eigenvalue weighted by Gasteiger charge is 2.24. The molecule has 0 aromatic heterocycles. The molecule has 0 atom stereocenters. The van der Waals surface area contributed by atoms with Gasteiger partial charge in [-0.25, -0.2) is 0 Å². The first-order chi connectivity index (χ1) is 13.4. The summed E-state index contributed by atoms with van der Waals surface area (Å²) in [6, 6.07) is 15.8. The van der Waals surface area contributed by atoms with Gasteiger partial charge in [0.2, 0.25) is 11.8 Å². The van der Waals surface area contributed by atoms with E-state index in [-0.39, 0.29) is 18.4 Å². The zero-order valence-electron chi connectivity index (χ0n) is 16.4. The van der Waals surface area contributed by atoms with Gasteiger partial charge in [0.05, 0.1) is 0 Å². The number of nitrogens with zero attached hydrogens (tertiary/aromatic N) is 3. The highest BCUT2D eigenvalue weighted by molar-refractivity contribution is 6.30. The number of piperazine rings is 1. The zero-order chi connectivity index (χ0) is 20.1. The quantitative estimate of drug-likeness (QED) is 0.774. The van der Waals surface area contributed by atoms with Crippen LogP contribution in [0.4, 0.5) is 5.69 Å². The maximum atomic E-state index is 12.7. The number of hydrogen-bond donors (Lipinski definition) is 0. The molecule has 2 aromatic rings. The van der Waals surface area contributed by atoms with E-state index in [4.69, 9.17) is 11.6 Å². The second kappa shape index (κ2) is 9.11. The molecule has 0 N–H and O–H groups in total. The van der Waals surface area contributed by atoms with Crippen molar-refractivity contribution in [3.8, 4) is 0 Å². The zero-order valence-corrected chi connectivity index (χ0v) is 17.2. The van der Waals surface area contributed by atoms with Crippen molar-refractivity contribution >= 4 is 29.1 Å². The molecule has 1 aliphatic heterocycles. The molecule has 6 heteroatoms. The summed E-state index contributed by atoms with van der Waals surface area (Å²) in [4.78, 5) is 30.5. The standard InChI is InChI=1S/C22H26ClN3O2/c1-17-4-3-5-21(14-17)24-10-12-25(13-11-24)22(28)16-26(18(2)27)15-19-6-8-20(23)9-7-19/h3-9,14H,10-13,15-16H2,1-2H3. The van der Waals surface area contributed by atoms with Crippen LogP contribution in [0.25, 0.3) is 0 Å². The van der Waals surface area contributed by atoms with Crippen molar-refractivity contribution in [3.05, 3.63) is 64.7 Å². The van der Waals surface area contributed by atoms with E-state index in [1.807, 2.05) is 17.0 Å². The van der Waals surface area contributed by atoms with E-state index in [9.17, 15) is 9.59 Å². The van der Waals surface area contributed by atoms with Crippen LogP contribution in [-0.4, -0.2) is 54.3 Å². The van der Waals surface area contributed by atoms with Crippen LogP contribution < -0.4 is 4.90 Å². The van der Waals surface area contributed by atoms with Gasteiger partial charge < -0.3 is 14.7 Å². The Morgan fingerprint density at radius 1 is 1.04 bits per heavy atom. The second-order valence-electron chi connectivity index (χ2n) is 7.21. The van der Waals surface area contributed by atoms with E-state index >= 15 is 0 Å². The van der Waals surface area contributed by atoms with Crippen LogP contribution in [0, 0.1) is 6.92 Å². The van der Waals surface area contributed by atoms with Crippen molar-refractivity contribution in [1.82, 2.24) is 9.80 Å². The predicted molar refractivity (Wildman–Crippen MR) is 113 cm³/mol. The van der Waals surface area contributed by atoms with Gasteiger partial charge in [-0.2, -0.15) is 0 Å². The average molecular weight is 400 g/mol. The van der Waals surface area contributed by atoms with Crippen molar-refractivity contribution in [2.45, 2.75) is 20.4 Å². The van der Waals surface area contributed by atoms with Gasteiger partial charge in [-0.15, -0.1) is 0 Å². The lowest BCUT2D eigenvalue weighted by molar-refractivity contribution is -0.140. The van der Waals surface area contributed by atoms with E-state index in [1.165, 1.54) is 18.2 Å². The van der Waals surface area contributed by atoms with Gasteiger partial charge in [-0.1, -0.05) is 35.9 Å². The fourth-order valence-corrected chi connectivity index (χ4v) is 3.52. The molecule has 3 rings (SSSR count). The predicted octanol–water partition coefficient (Wildman–Crippen LogP) is 3.35. The molecule has 0 aliphatic carbocycles. The Kier molecular flexibility index (Phi) is 6.57. The Morgan fingerprint density at radius 3 is 2.32 bits per heavy atom. The molecule has 1 aliphatic rings. The Hall–Kier alpha value is -2.53. The van der Waals surface area contributed by atoms with Gasteiger partial charge in [-0.3, -0.25) is 9.59 Å². The van der Waals surface area contributed by atoms with Crippen molar-refractivity contribution in [3.63, 3.8) is 0 Å². The molecule has 1 fully saturated rings. The number of amides is 2. The maximum Gasteiger partial charge on any atom is 0.242 e. The van der Waals surface area contributed by atoms with Crippen molar-refractivity contribution in [2.75, 3.05) is 37.6 Å². The summed E-state index contributed by atoms with van der Waals surface area (Å²) in [6.07, 6.45) is 0. The van der Waals surface area contributed by atoms with Gasteiger partial charge in [-0.05, 0) is 42.3 Å². The minimum atomic E-state index is -0.110. The van der Waals surface area contributed by atoms with Crippen LogP contribution >= 0.6 is 11.6 Å². The van der Waals surface area contributed by atoms with Gasteiger partial charge in [0.1, 0.15) is 6.54 Å². The molecule has 28 heavy (non-hydrogen) atoms. The number of aryl methyl sites for hydroxylation is 1. The van der Waals surface area contributed by atoms with Crippen LogP contribution in [0.3, 0.4) is 0 Å². The summed E-state index contributed by atoms with van der Waals surface area (Å²) in [5.41, 5.74) is 3.38. The van der Waals surface area contributed by atoms with E-state index in [0.717, 1.165) is 18.7 Å². The number of anilines is 1. The summed E-state index contributed by atoms with van der Waals surface area (Å²) in [5.74, 6) is -0.116. The van der Waals surface area contributed by atoms with Crippen LogP contribution in [0.1, 0.15) is 18.1 Å². The largest absolute Gasteiger partial charge is 0.368 e. The Labute approximate surface area is 171 Å². The highest BCUT2D eigenvalue weighted by Crippen LogP contribution is 2.18. The molecule has 0 saturated carbocycles. The SMILES string of the molecule is CC(=O)N(CC(=O)N1CCN(c2cccc(C)c2)CC1)Cc1ccc(Cl)cc1. The molecule has 148 valence electrons. The molecule has 2 amide bonds. The Balaban J connectivity index is 1.56. The maximum absolute atomic E-state index is 12.7. The van der Waals surface area contributed by atoms with Crippen LogP contribution in [0.5, 0.6) is 0 Å².